The second-order valence-corrected chi connectivity index (χ2v) is 9.24. The van der Waals surface area contributed by atoms with E-state index in [1.807, 2.05) is 0 Å². The lowest BCUT2D eigenvalue weighted by Gasteiger charge is -2.18. The van der Waals surface area contributed by atoms with E-state index in [-0.39, 0.29) is 33.1 Å². The molecule has 1 unspecified atom stereocenters. The monoisotopic (exact) mass is 531 g/mol. The maximum atomic E-state index is 14.7. The van der Waals surface area contributed by atoms with Gasteiger partial charge < -0.3 is 14.4 Å². The third-order valence-electron chi connectivity index (χ3n) is 5.19. The predicted molar refractivity (Wildman–Crippen MR) is 132 cm³/mol. The number of nitrogens with one attached hydrogen (secondary N) is 1. The summed E-state index contributed by atoms with van der Waals surface area (Å²) >= 11 is 13.3. The summed E-state index contributed by atoms with van der Waals surface area (Å²) in [6, 6.07) is 5.17. The molecule has 6 nitrogen and oxygen atoms in total. The molecule has 0 spiro atoms. The molecule has 1 aromatic heterocycles. The smallest absolute Gasteiger partial charge is 0.413 e. The van der Waals surface area contributed by atoms with Crippen LogP contribution >= 0.6 is 34.5 Å². The Kier molecular flexibility index (Phi) is 9.30. The van der Waals surface area contributed by atoms with Crippen LogP contribution in [0.3, 0.4) is 0 Å². The Balaban J connectivity index is 1.66. The van der Waals surface area contributed by atoms with Crippen LogP contribution in [-0.2, 0) is 4.74 Å². The molecular weight excluding hydrogens is 507 g/mol. The van der Waals surface area contributed by atoms with Crippen molar-refractivity contribution in [3.05, 3.63) is 51.5 Å². The van der Waals surface area contributed by atoms with Gasteiger partial charge in [0.25, 0.3) is 0 Å². The van der Waals surface area contributed by atoms with Crippen molar-refractivity contribution in [1.82, 2.24) is 9.88 Å². The van der Waals surface area contributed by atoms with E-state index >= 15 is 0 Å². The molecule has 3 aromatic rings. The van der Waals surface area contributed by atoms with Crippen LogP contribution in [0.5, 0.6) is 5.75 Å². The summed E-state index contributed by atoms with van der Waals surface area (Å²) in [6.07, 6.45) is -0.725. The number of benzene rings is 2. The highest BCUT2D eigenvalue weighted by Gasteiger charge is 2.21. The zero-order valence-corrected chi connectivity index (χ0v) is 21.3. The standard InChI is InChI=1S/C23H25Cl2F2N3O3S/c1-4-30(5-2)9-6-10-32-23(31)29-22-28-17-11-16(27)18(12-19(17)34-22)33-13(3)20-14(24)7-8-15(26)21(20)25/h7-8,11-13H,4-6,9-10H2,1-3H3,(H,28,29,31). The van der Waals surface area contributed by atoms with Gasteiger partial charge in [-0.25, -0.2) is 18.6 Å². The van der Waals surface area contributed by atoms with Gasteiger partial charge in [-0.1, -0.05) is 48.4 Å². The molecule has 184 valence electrons. The Morgan fingerprint density at radius 2 is 1.94 bits per heavy atom. The zero-order chi connectivity index (χ0) is 24.8. The van der Waals surface area contributed by atoms with Crippen molar-refractivity contribution < 1.29 is 23.0 Å². The fraction of sp³-hybridized carbons (Fsp3) is 0.391. The molecule has 3 rings (SSSR count). The molecule has 0 aliphatic rings. The maximum absolute atomic E-state index is 14.7. The molecule has 0 aliphatic carbocycles. The first-order valence-corrected chi connectivity index (χ1v) is 12.4. The van der Waals surface area contributed by atoms with Gasteiger partial charge in [0.05, 0.1) is 21.8 Å². The van der Waals surface area contributed by atoms with Crippen molar-refractivity contribution in [3.8, 4) is 5.75 Å². The van der Waals surface area contributed by atoms with Crippen molar-refractivity contribution >= 4 is 56.0 Å². The number of nitrogens with zero attached hydrogens (tertiary/aromatic N) is 2. The lowest BCUT2D eigenvalue weighted by Crippen LogP contribution is -2.25. The molecule has 0 aliphatic heterocycles. The Morgan fingerprint density at radius 3 is 2.65 bits per heavy atom. The number of carbonyl (C=O) groups excluding carboxylic acids is 1. The summed E-state index contributed by atoms with van der Waals surface area (Å²) in [5.41, 5.74) is 0.569. The van der Waals surface area contributed by atoms with Crippen LogP contribution < -0.4 is 10.1 Å². The SMILES string of the molecule is CCN(CC)CCCOC(=O)Nc1nc2cc(F)c(OC(C)c3c(Cl)ccc(F)c3Cl)cc2s1. The number of ether oxygens (including phenoxy) is 2. The van der Waals surface area contributed by atoms with Crippen LogP contribution in [0.15, 0.2) is 24.3 Å². The number of anilines is 1. The highest BCUT2D eigenvalue weighted by molar-refractivity contribution is 7.22. The van der Waals surface area contributed by atoms with Crippen LogP contribution in [0.4, 0.5) is 18.7 Å². The minimum Gasteiger partial charge on any atom is -0.483 e. The van der Waals surface area contributed by atoms with Gasteiger partial charge in [-0.3, -0.25) is 5.32 Å². The van der Waals surface area contributed by atoms with Crippen LogP contribution in [-0.4, -0.2) is 42.2 Å². The summed E-state index contributed by atoms with van der Waals surface area (Å²) in [4.78, 5) is 18.5. The van der Waals surface area contributed by atoms with Crippen molar-refractivity contribution in [2.45, 2.75) is 33.3 Å². The van der Waals surface area contributed by atoms with Gasteiger partial charge in [-0.05, 0) is 38.6 Å². The Morgan fingerprint density at radius 1 is 1.21 bits per heavy atom. The molecule has 0 bridgehead atoms. The maximum Gasteiger partial charge on any atom is 0.413 e. The molecule has 0 radical (unpaired) electrons. The number of hydrogen-bond acceptors (Lipinski definition) is 6. The molecule has 34 heavy (non-hydrogen) atoms. The lowest BCUT2D eigenvalue weighted by molar-refractivity contribution is 0.153. The van der Waals surface area contributed by atoms with E-state index in [9.17, 15) is 13.6 Å². The van der Waals surface area contributed by atoms with Gasteiger partial charge in [0, 0.05) is 29.3 Å². The first kappa shape index (κ1) is 26.4. The summed E-state index contributed by atoms with van der Waals surface area (Å²) in [6.45, 7) is 8.75. The number of fused-ring (bicyclic) bond motifs is 1. The van der Waals surface area contributed by atoms with Crippen molar-refractivity contribution in [2.75, 3.05) is 31.6 Å². The molecule has 0 saturated heterocycles. The van der Waals surface area contributed by atoms with Gasteiger partial charge in [-0.15, -0.1) is 0 Å². The molecule has 11 heteroatoms. The van der Waals surface area contributed by atoms with Gasteiger partial charge in [0.2, 0.25) is 0 Å². The topological polar surface area (TPSA) is 63.7 Å². The number of carbonyl (C=O) groups is 1. The Bertz CT molecular complexity index is 1160. The summed E-state index contributed by atoms with van der Waals surface area (Å²) in [5, 5.41) is 2.86. The van der Waals surface area contributed by atoms with Crippen molar-refractivity contribution in [3.63, 3.8) is 0 Å². The Hall–Kier alpha value is -2.20. The summed E-state index contributed by atoms with van der Waals surface area (Å²) in [7, 11) is 0. The average Bonchev–Trinajstić information content (AvgIpc) is 3.17. The van der Waals surface area contributed by atoms with Crippen LogP contribution in [0.1, 0.15) is 38.9 Å². The highest BCUT2D eigenvalue weighted by Crippen LogP contribution is 2.37. The number of aromatic nitrogens is 1. The van der Waals surface area contributed by atoms with Gasteiger partial charge in [-0.2, -0.15) is 0 Å². The van der Waals surface area contributed by atoms with Crippen LogP contribution in [0.25, 0.3) is 10.2 Å². The second-order valence-electron chi connectivity index (χ2n) is 7.43. The fourth-order valence-corrected chi connectivity index (χ4v) is 4.89. The minimum absolute atomic E-state index is 0.0782. The first-order valence-electron chi connectivity index (χ1n) is 10.8. The minimum atomic E-state index is -0.820. The molecule has 2 aromatic carbocycles. The molecule has 1 N–H and O–H groups in total. The number of rotatable bonds is 10. The molecular formula is C23H25Cl2F2N3O3S. The lowest BCUT2D eigenvalue weighted by atomic mass is 10.1. The summed E-state index contributed by atoms with van der Waals surface area (Å²) < 4.78 is 40.0. The van der Waals surface area contributed by atoms with E-state index in [1.165, 1.54) is 18.2 Å². The third-order valence-corrected chi connectivity index (χ3v) is 6.83. The van der Waals surface area contributed by atoms with Crippen LogP contribution in [0, 0.1) is 11.6 Å². The highest BCUT2D eigenvalue weighted by atomic mass is 35.5. The zero-order valence-electron chi connectivity index (χ0n) is 19.0. The van der Waals surface area contributed by atoms with E-state index in [1.54, 1.807) is 6.92 Å². The Labute approximate surface area is 210 Å². The van der Waals surface area contributed by atoms with E-state index in [0.29, 0.717) is 10.2 Å². The molecule has 1 atom stereocenters. The number of amides is 1. The van der Waals surface area contributed by atoms with E-state index < -0.39 is 23.8 Å². The molecule has 0 saturated carbocycles. The number of halogens is 4. The molecule has 1 heterocycles. The largest absolute Gasteiger partial charge is 0.483 e. The first-order chi connectivity index (χ1) is 16.2. The van der Waals surface area contributed by atoms with E-state index in [4.69, 9.17) is 32.7 Å². The van der Waals surface area contributed by atoms with Gasteiger partial charge in [0.1, 0.15) is 11.9 Å². The van der Waals surface area contributed by atoms with Crippen molar-refractivity contribution in [2.24, 2.45) is 0 Å². The second kappa shape index (κ2) is 12.0. The fourth-order valence-electron chi connectivity index (χ4n) is 3.35. The summed E-state index contributed by atoms with van der Waals surface area (Å²) in [5.74, 6) is -1.39. The van der Waals surface area contributed by atoms with Gasteiger partial charge in [0.15, 0.2) is 16.7 Å². The van der Waals surface area contributed by atoms with Crippen molar-refractivity contribution in [1.29, 1.82) is 0 Å². The van der Waals surface area contributed by atoms with E-state index in [2.05, 4.69) is 29.0 Å². The van der Waals surface area contributed by atoms with Crippen LogP contribution in [0.2, 0.25) is 10.0 Å². The number of thiazole rings is 1. The quantitative estimate of drug-likeness (QED) is 0.219. The normalized spacial score (nSPS) is 12.2. The molecule has 0 fully saturated rings. The van der Waals surface area contributed by atoms with E-state index in [0.717, 1.165) is 43.5 Å². The predicted octanol–water partition coefficient (Wildman–Crippen LogP) is 7.30. The van der Waals surface area contributed by atoms with Gasteiger partial charge >= 0.3 is 6.09 Å². The molecule has 1 amide bonds. The third kappa shape index (κ3) is 6.47. The average molecular weight is 532 g/mol. The number of hydrogen-bond donors (Lipinski definition) is 1.